The Morgan fingerprint density at radius 3 is 2.58 bits per heavy atom. The van der Waals surface area contributed by atoms with Crippen molar-refractivity contribution < 1.29 is 14.7 Å². The van der Waals surface area contributed by atoms with Crippen LogP contribution in [0.15, 0.2) is 33.4 Å². The molecule has 0 aliphatic rings. The number of hydrogen-bond acceptors (Lipinski definition) is 3. The van der Waals surface area contributed by atoms with Crippen LogP contribution in [-0.4, -0.2) is 17.0 Å². The zero-order chi connectivity index (χ0) is 14.0. The molecule has 0 aliphatic heterocycles. The molecule has 1 aromatic heterocycles. The summed E-state index contributed by atoms with van der Waals surface area (Å²) in [5, 5.41) is 13.4. The number of aryl methyl sites for hydroxylation is 1. The first-order chi connectivity index (χ1) is 8.97. The number of amides is 1. The highest BCUT2D eigenvalue weighted by Crippen LogP contribution is 2.22. The Kier molecular flexibility index (Phi) is 4.01. The lowest BCUT2D eigenvalue weighted by Gasteiger charge is -2.06. The summed E-state index contributed by atoms with van der Waals surface area (Å²) in [7, 11) is 0. The maximum absolute atomic E-state index is 11.9. The van der Waals surface area contributed by atoms with Crippen molar-refractivity contribution in [1.82, 2.24) is 0 Å². The van der Waals surface area contributed by atoms with Crippen LogP contribution in [0.1, 0.15) is 26.3 Å². The van der Waals surface area contributed by atoms with Crippen molar-refractivity contribution >= 4 is 44.8 Å². The van der Waals surface area contributed by atoms with Gasteiger partial charge in [0.1, 0.15) is 0 Å². The van der Waals surface area contributed by atoms with E-state index < -0.39 is 5.97 Å². The Hall–Kier alpha value is -1.66. The van der Waals surface area contributed by atoms with Crippen LogP contribution in [0, 0.1) is 6.92 Å². The lowest BCUT2D eigenvalue weighted by Crippen LogP contribution is -2.11. The summed E-state index contributed by atoms with van der Waals surface area (Å²) in [6.07, 6.45) is 0. The molecule has 6 heteroatoms. The summed E-state index contributed by atoms with van der Waals surface area (Å²) >= 11 is 4.73. The predicted octanol–water partition coefficient (Wildman–Crippen LogP) is 3.77. The van der Waals surface area contributed by atoms with Gasteiger partial charge in [-0.1, -0.05) is 0 Å². The van der Waals surface area contributed by atoms with Crippen molar-refractivity contribution in [2.45, 2.75) is 6.92 Å². The third-order valence-corrected chi connectivity index (χ3v) is 4.05. The number of rotatable bonds is 3. The second kappa shape index (κ2) is 5.54. The van der Waals surface area contributed by atoms with Crippen LogP contribution in [0.4, 0.5) is 5.69 Å². The van der Waals surface area contributed by atoms with Crippen LogP contribution in [0.3, 0.4) is 0 Å². The van der Waals surface area contributed by atoms with E-state index in [9.17, 15) is 9.59 Å². The standard InChI is InChI=1S/C13H10BrNO3S/c1-7-4-9(2-3-10(7)13(17)18)15-12(16)8-5-11(14)19-6-8/h2-6H,1H3,(H,15,16)(H,17,18). The number of carbonyl (C=O) groups is 2. The van der Waals surface area contributed by atoms with Gasteiger partial charge in [0.05, 0.1) is 14.9 Å². The molecule has 0 spiro atoms. The molecule has 2 rings (SSSR count). The zero-order valence-corrected chi connectivity index (χ0v) is 12.3. The highest BCUT2D eigenvalue weighted by Gasteiger charge is 2.11. The van der Waals surface area contributed by atoms with Gasteiger partial charge in [-0.2, -0.15) is 0 Å². The minimum atomic E-state index is -0.975. The fourth-order valence-electron chi connectivity index (χ4n) is 1.61. The van der Waals surface area contributed by atoms with Crippen LogP contribution >= 0.6 is 27.3 Å². The number of aromatic carboxylic acids is 1. The van der Waals surface area contributed by atoms with Crippen molar-refractivity contribution in [2.75, 3.05) is 5.32 Å². The number of anilines is 1. The van der Waals surface area contributed by atoms with Crippen LogP contribution in [-0.2, 0) is 0 Å². The number of carboxylic acids is 1. The van der Waals surface area contributed by atoms with Crippen molar-refractivity contribution in [3.05, 3.63) is 50.1 Å². The average molecular weight is 340 g/mol. The molecule has 0 aliphatic carbocycles. The van der Waals surface area contributed by atoms with Crippen molar-refractivity contribution in [3.63, 3.8) is 0 Å². The number of halogens is 1. The number of carboxylic acid groups (broad SMARTS) is 1. The maximum Gasteiger partial charge on any atom is 0.335 e. The molecule has 0 saturated heterocycles. The van der Waals surface area contributed by atoms with Gasteiger partial charge >= 0.3 is 5.97 Å². The van der Waals surface area contributed by atoms with Crippen molar-refractivity contribution in [2.24, 2.45) is 0 Å². The van der Waals surface area contributed by atoms with Crippen molar-refractivity contribution in [1.29, 1.82) is 0 Å². The van der Waals surface area contributed by atoms with Gasteiger partial charge in [-0.3, -0.25) is 4.79 Å². The highest BCUT2D eigenvalue weighted by atomic mass is 79.9. The van der Waals surface area contributed by atoms with Gasteiger partial charge in [0.2, 0.25) is 0 Å². The Balaban J connectivity index is 2.18. The molecular weight excluding hydrogens is 330 g/mol. The summed E-state index contributed by atoms with van der Waals surface area (Å²) in [4.78, 5) is 22.8. The largest absolute Gasteiger partial charge is 0.478 e. The van der Waals surface area contributed by atoms with Gasteiger partial charge in [0.25, 0.3) is 5.91 Å². The molecule has 98 valence electrons. The molecule has 0 atom stereocenters. The number of benzene rings is 1. The third-order valence-electron chi connectivity index (χ3n) is 2.54. The first-order valence-corrected chi connectivity index (χ1v) is 7.04. The first kappa shape index (κ1) is 13.8. The Morgan fingerprint density at radius 1 is 1.32 bits per heavy atom. The summed E-state index contributed by atoms with van der Waals surface area (Å²) in [5.74, 6) is -1.19. The first-order valence-electron chi connectivity index (χ1n) is 5.36. The third kappa shape index (κ3) is 3.21. The molecule has 4 nitrogen and oxygen atoms in total. The Labute approximate surface area is 122 Å². The number of thiophene rings is 1. The summed E-state index contributed by atoms with van der Waals surface area (Å²) in [6, 6.07) is 6.44. The second-order valence-corrected chi connectivity index (χ2v) is 6.22. The van der Waals surface area contributed by atoms with E-state index in [2.05, 4.69) is 21.2 Å². The normalized spacial score (nSPS) is 10.2. The van der Waals surface area contributed by atoms with Crippen molar-refractivity contribution in [3.8, 4) is 0 Å². The fraction of sp³-hybridized carbons (Fsp3) is 0.0769. The van der Waals surface area contributed by atoms with Gasteiger partial charge in [0.15, 0.2) is 0 Å². The van der Waals surface area contributed by atoms with E-state index >= 15 is 0 Å². The van der Waals surface area contributed by atoms with E-state index in [1.807, 2.05) is 0 Å². The molecule has 2 N–H and O–H groups in total. The molecule has 1 amide bonds. The van der Waals surface area contributed by atoms with E-state index in [0.29, 0.717) is 16.8 Å². The highest BCUT2D eigenvalue weighted by molar-refractivity contribution is 9.11. The molecule has 0 bridgehead atoms. The lowest BCUT2D eigenvalue weighted by molar-refractivity contribution is 0.0696. The molecule has 1 aromatic carbocycles. The van der Waals surface area contributed by atoms with E-state index in [1.165, 1.54) is 17.4 Å². The van der Waals surface area contributed by atoms with E-state index in [4.69, 9.17) is 5.11 Å². The fourth-order valence-corrected chi connectivity index (χ4v) is 2.75. The van der Waals surface area contributed by atoms with E-state index in [-0.39, 0.29) is 11.5 Å². The molecule has 0 radical (unpaired) electrons. The van der Waals surface area contributed by atoms with E-state index in [0.717, 1.165) is 3.79 Å². The molecule has 19 heavy (non-hydrogen) atoms. The topological polar surface area (TPSA) is 66.4 Å². The van der Waals surface area contributed by atoms with Gasteiger partial charge in [-0.05, 0) is 52.7 Å². The minimum absolute atomic E-state index is 0.218. The van der Waals surface area contributed by atoms with Gasteiger partial charge in [-0.15, -0.1) is 11.3 Å². The second-order valence-electron chi connectivity index (χ2n) is 3.93. The molecule has 1 heterocycles. The summed E-state index contributed by atoms with van der Waals surface area (Å²) in [6.45, 7) is 1.69. The molecule has 0 unspecified atom stereocenters. The minimum Gasteiger partial charge on any atom is -0.478 e. The molecular formula is C13H10BrNO3S. The Morgan fingerprint density at radius 2 is 2.05 bits per heavy atom. The van der Waals surface area contributed by atoms with Crippen LogP contribution < -0.4 is 5.32 Å². The molecule has 2 aromatic rings. The predicted molar refractivity (Wildman–Crippen MR) is 78.1 cm³/mol. The molecule has 0 saturated carbocycles. The number of nitrogens with one attached hydrogen (secondary N) is 1. The monoisotopic (exact) mass is 339 g/mol. The van der Waals surface area contributed by atoms with Crippen LogP contribution in [0.25, 0.3) is 0 Å². The lowest BCUT2D eigenvalue weighted by atomic mass is 10.1. The smallest absolute Gasteiger partial charge is 0.335 e. The van der Waals surface area contributed by atoms with Gasteiger partial charge in [0, 0.05) is 11.1 Å². The summed E-state index contributed by atoms with van der Waals surface area (Å²) < 4.78 is 0.884. The maximum atomic E-state index is 11.9. The van der Waals surface area contributed by atoms with Crippen LogP contribution in [0.2, 0.25) is 0 Å². The SMILES string of the molecule is Cc1cc(NC(=O)c2csc(Br)c2)ccc1C(=O)O. The average Bonchev–Trinajstić information content (AvgIpc) is 2.75. The van der Waals surface area contributed by atoms with Gasteiger partial charge < -0.3 is 10.4 Å². The molecule has 0 fully saturated rings. The summed E-state index contributed by atoms with van der Waals surface area (Å²) in [5.41, 5.74) is 1.99. The number of carbonyl (C=O) groups excluding carboxylic acids is 1. The Bertz CT molecular complexity index is 651. The van der Waals surface area contributed by atoms with Crippen LogP contribution in [0.5, 0.6) is 0 Å². The number of hydrogen-bond donors (Lipinski definition) is 2. The zero-order valence-electron chi connectivity index (χ0n) is 9.94. The van der Waals surface area contributed by atoms with Gasteiger partial charge in [-0.25, -0.2) is 4.79 Å². The quantitative estimate of drug-likeness (QED) is 0.894. The van der Waals surface area contributed by atoms with E-state index in [1.54, 1.807) is 30.5 Å².